The average Bonchev–Trinajstić information content (AvgIpc) is 2.76. The molecule has 0 aromatic heterocycles. The molecule has 0 saturated carbocycles. The van der Waals surface area contributed by atoms with Gasteiger partial charge >= 0.3 is 0 Å². The first-order valence-electron chi connectivity index (χ1n) is 12.0. The third-order valence-electron chi connectivity index (χ3n) is 5.96. The van der Waals surface area contributed by atoms with Crippen LogP contribution < -0.4 is 9.62 Å². The molecule has 7 nitrogen and oxygen atoms in total. The smallest absolute Gasteiger partial charge is 0.242 e. The number of hydrogen-bond donors (Lipinski definition) is 1. The Morgan fingerprint density at radius 1 is 1.06 bits per heavy atom. The van der Waals surface area contributed by atoms with Crippen molar-refractivity contribution in [1.29, 1.82) is 0 Å². The van der Waals surface area contributed by atoms with Gasteiger partial charge in [-0.05, 0) is 71.2 Å². The molecule has 1 atom stereocenters. The third kappa shape index (κ3) is 8.05. The summed E-state index contributed by atoms with van der Waals surface area (Å²) in [4.78, 5) is 27.5. The van der Waals surface area contributed by atoms with Crippen LogP contribution in [0.4, 0.5) is 10.1 Å². The number of carbonyl (C=O) groups is 2. The Hall–Kier alpha value is -2.94. The molecule has 0 aliphatic carbocycles. The Morgan fingerprint density at radius 2 is 1.69 bits per heavy atom. The van der Waals surface area contributed by atoms with Crippen LogP contribution in [-0.2, 0) is 26.2 Å². The van der Waals surface area contributed by atoms with E-state index in [1.165, 1.54) is 15.3 Å². The van der Waals surface area contributed by atoms with Gasteiger partial charge in [0.15, 0.2) is 0 Å². The second-order valence-corrected chi connectivity index (χ2v) is 12.1. The Bertz CT molecular complexity index is 1190. The van der Waals surface area contributed by atoms with Crippen LogP contribution in [-0.4, -0.2) is 49.5 Å². The van der Waals surface area contributed by atoms with Crippen molar-refractivity contribution in [2.75, 3.05) is 17.1 Å². The molecule has 1 unspecified atom stereocenters. The van der Waals surface area contributed by atoms with E-state index in [0.717, 1.165) is 17.4 Å². The minimum absolute atomic E-state index is 0.00151. The maximum Gasteiger partial charge on any atom is 0.242 e. The molecular formula is C27H38FN3O4S. The largest absolute Gasteiger partial charge is 0.350 e. The van der Waals surface area contributed by atoms with Crippen LogP contribution in [0.1, 0.15) is 57.2 Å². The number of nitrogens with zero attached hydrogens (tertiary/aromatic N) is 2. The average molecular weight is 520 g/mol. The van der Waals surface area contributed by atoms with Crippen LogP contribution in [0.15, 0.2) is 42.5 Å². The van der Waals surface area contributed by atoms with E-state index in [2.05, 4.69) is 5.32 Å². The third-order valence-corrected chi connectivity index (χ3v) is 7.14. The van der Waals surface area contributed by atoms with Gasteiger partial charge in [-0.25, -0.2) is 12.8 Å². The fraction of sp³-hybridized carbons (Fsp3) is 0.481. The molecule has 2 amide bonds. The number of carbonyl (C=O) groups excluding carboxylic acids is 2. The zero-order valence-electron chi connectivity index (χ0n) is 22.3. The lowest BCUT2D eigenvalue weighted by molar-refractivity contribution is -0.141. The summed E-state index contributed by atoms with van der Waals surface area (Å²) in [6.45, 7) is 10.9. The molecule has 2 rings (SSSR count). The van der Waals surface area contributed by atoms with E-state index < -0.39 is 27.4 Å². The Labute approximate surface area is 214 Å². The molecule has 9 heteroatoms. The van der Waals surface area contributed by atoms with Gasteiger partial charge in [-0.3, -0.25) is 13.9 Å². The number of aryl methyl sites for hydroxylation is 1. The highest BCUT2D eigenvalue weighted by Crippen LogP contribution is 2.25. The zero-order valence-corrected chi connectivity index (χ0v) is 23.1. The van der Waals surface area contributed by atoms with Crippen LogP contribution in [0.3, 0.4) is 0 Å². The second kappa shape index (κ2) is 11.9. The second-order valence-electron chi connectivity index (χ2n) is 10.2. The van der Waals surface area contributed by atoms with E-state index in [1.807, 2.05) is 40.7 Å². The van der Waals surface area contributed by atoms with Crippen molar-refractivity contribution in [3.8, 4) is 0 Å². The van der Waals surface area contributed by atoms with E-state index in [0.29, 0.717) is 11.3 Å². The molecule has 198 valence electrons. The number of sulfonamides is 1. The summed E-state index contributed by atoms with van der Waals surface area (Å²) in [5.41, 5.74) is 2.19. The van der Waals surface area contributed by atoms with E-state index in [9.17, 15) is 22.4 Å². The van der Waals surface area contributed by atoms with Gasteiger partial charge in [0.2, 0.25) is 21.8 Å². The highest BCUT2D eigenvalue weighted by Gasteiger charge is 2.29. The molecule has 2 aromatic carbocycles. The summed E-state index contributed by atoms with van der Waals surface area (Å²) in [5, 5.41) is 2.87. The van der Waals surface area contributed by atoms with E-state index in [4.69, 9.17) is 0 Å². The summed E-state index contributed by atoms with van der Waals surface area (Å²) in [5.74, 6) is -1.17. The van der Waals surface area contributed by atoms with Crippen molar-refractivity contribution in [3.05, 3.63) is 65.0 Å². The summed E-state index contributed by atoms with van der Waals surface area (Å²) < 4.78 is 40.8. The number of amides is 2. The van der Waals surface area contributed by atoms with Gasteiger partial charge in [0, 0.05) is 30.6 Å². The zero-order chi connectivity index (χ0) is 27.3. The molecule has 0 heterocycles. The first kappa shape index (κ1) is 29.3. The number of anilines is 1. The molecular weight excluding hydrogens is 481 g/mol. The van der Waals surface area contributed by atoms with E-state index in [-0.39, 0.29) is 37.7 Å². The van der Waals surface area contributed by atoms with Gasteiger partial charge in [0.1, 0.15) is 11.9 Å². The summed E-state index contributed by atoms with van der Waals surface area (Å²) >= 11 is 0. The van der Waals surface area contributed by atoms with Crippen molar-refractivity contribution in [1.82, 2.24) is 10.2 Å². The summed E-state index contributed by atoms with van der Waals surface area (Å²) in [7, 11) is -3.58. The van der Waals surface area contributed by atoms with Gasteiger partial charge in [-0.1, -0.05) is 30.3 Å². The SMILES string of the molecule is Cc1cccc(N(CCCC(=O)N(Cc2ccccc2F)C(C)C(=O)NC(C)(C)C)S(C)(=O)=O)c1C. The number of hydrogen-bond acceptors (Lipinski definition) is 4. The highest BCUT2D eigenvalue weighted by molar-refractivity contribution is 7.92. The predicted molar refractivity (Wildman–Crippen MR) is 142 cm³/mol. The van der Waals surface area contributed by atoms with Crippen LogP contribution in [0.25, 0.3) is 0 Å². The monoisotopic (exact) mass is 519 g/mol. The maximum absolute atomic E-state index is 14.4. The van der Waals surface area contributed by atoms with Gasteiger partial charge in [-0.15, -0.1) is 0 Å². The summed E-state index contributed by atoms with van der Waals surface area (Å²) in [6.07, 6.45) is 1.37. The molecule has 0 fully saturated rings. The van der Waals surface area contributed by atoms with Crippen LogP contribution >= 0.6 is 0 Å². The van der Waals surface area contributed by atoms with Gasteiger partial charge < -0.3 is 10.2 Å². The number of rotatable bonds is 10. The number of halogens is 1. The maximum atomic E-state index is 14.4. The standard InChI is InChI=1S/C27H38FN3O4S/c1-19-12-10-15-24(20(19)2)31(36(7,34)35)17-11-16-25(32)30(18-22-13-8-9-14-23(22)28)21(3)26(33)29-27(4,5)6/h8-10,12-15,21H,11,16-18H2,1-7H3,(H,29,33). The van der Waals surface area contributed by atoms with E-state index >= 15 is 0 Å². The molecule has 0 spiro atoms. The summed E-state index contributed by atoms with van der Waals surface area (Å²) in [6, 6.07) is 10.7. The Morgan fingerprint density at radius 3 is 2.28 bits per heavy atom. The van der Waals surface area contributed by atoms with Gasteiger partial charge in [0.25, 0.3) is 0 Å². The first-order valence-corrected chi connectivity index (χ1v) is 13.9. The predicted octanol–water partition coefficient (Wildman–Crippen LogP) is 4.32. The fourth-order valence-corrected chi connectivity index (χ4v) is 4.87. The minimum atomic E-state index is -3.58. The van der Waals surface area contributed by atoms with Crippen LogP contribution in [0.5, 0.6) is 0 Å². The number of benzene rings is 2. The quantitative estimate of drug-likeness (QED) is 0.507. The van der Waals surface area contributed by atoms with Crippen LogP contribution in [0.2, 0.25) is 0 Å². The topological polar surface area (TPSA) is 86.8 Å². The van der Waals surface area contributed by atoms with Crippen LogP contribution in [0, 0.1) is 19.7 Å². The highest BCUT2D eigenvalue weighted by atomic mass is 32.2. The molecule has 0 aliphatic rings. The van der Waals surface area contributed by atoms with Crippen molar-refractivity contribution < 1.29 is 22.4 Å². The number of nitrogens with one attached hydrogen (secondary N) is 1. The lowest BCUT2D eigenvalue weighted by atomic mass is 10.1. The normalized spacial score (nSPS) is 12.7. The molecule has 1 N–H and O–H groups in total. The van der Waals surface area contributed by atoms with Crippen molar-refractivity contribution in [2.45, 2.75) is 72.5 Å². The van der Waals surface area contributed by atoms with Crippen molar-refractivity contribution in [2.24, 2.45) is 0 Å². The Kier molecular flexibility index (Phi) is 9.65. The van der Waals surface area contributed by atoms with Crippen molar-refractivity contribution in [3.63, 3.8) is 0 Å². The molecule has 36 heavy (non-hydrogen) atoms. The van der Waals surface area contributed by atoms with Crippen molar-refractivity contribution >= 4 is 27.5 Å². The Balaban J connectivity index is 2.24. The van der Waals surface area contributed by atoms with E-state index in [1.54, 1.807) is 37.3 Å². The lowest BCUT2D eigenvalue weighted by Gasteiger charge is -2.32. The van der Waals surface area contributed by atoms with Gasteiger partial charge in [0.05, 0.1) is 11.9 Å². The molecule has 0 saturated heterocycles. The molecule has 2 aromatic rings. The molecule has 0 bridgehead atoms. The fourth-order valence-electron chi connectivity index (χ4n) is 3.86. The minimum Gasteiger partial charge on any atom is -0.350 e. The first-order chi connectivity index (χ1) is 16.6. The van der Waals surface area contributed by atoms with Gasteiger partial charge in [-0.2, -0.15) is 0 Å². The lowest BCUT2D eigenvalue weighted by Crippen LogP contribution is -2.52. The molecule has 0 radical (unpaired) electrons. The molecule has 0 aliphatic heterocycles.